The van der Waals surface area contributed by atoms with Crippen molar-refractivity contribution in [3.05, 3.63) is 35.6 Å². The van der Waals surface area contributed by atoms with Gasteiger partial charge in [-0.25, -0.2) is 0 Å². The van der Waals surface area contributed by atoms with Crippen LogP contribution in [0.1, 0.15) is 39.5 Å². The molecule has 0 radical (unpaired) electrons. The second kappa shape index (κ2) is 10.8. The molecule has 0 N–H and O–H groups in total. The Labute approximate surface area is 141 Å². The molecule has 1 unspecified atom stereocenters. The number of hydrogen-bond acceptors (Lipinski definition) is 3. The van der Waals surface area contributed by atoms with Gasteiger partial charge in [-0.3, -0.25) is 0 Å². The standard InChI is InChI=1S/C15H24BIO2S/c1-4-7-14-10-9-13(8-6-11-19-14)12-15(5-2)20-16(17)18-3/h6-8,12,15H,4-5,9-11H2,1-3H3/b8-6-,13-12?,14-7+. The number of rotatable bonds is 6. The molecular weight excluding hydrogens is 382 g/mol. The molecule has 0 aromatic rings. The van der Waals surface area contributed by atoms with Crippen molar-refractivity contribution in [3.8, 4) is 0 Å². The first-order chi connectivity index (χ1) is 9.69. The Hall–Kier alpha value is 0.125. The molecule has 1 aliphatic heterocycles. The maximum atomic E-state index is 5.71. The lowest BCUT2D eigenvalue weighted by Gasteiger charge is -2.16. The van der Waals surface area contributed by atoms with Crippen LogP contribution >= 0.6 is 34.0 Å². The molecule has 0 aromatic heterocycles. The van der Waals surface area contributed by atoms with Gasteiger partial charge in [-0.1, -0.05) is 53.9 Å². The molecule has 0 aliphatic carbocycles. The fraction of sp³-hybridized carbons (Fsp3) is 0.600. The van der Waals surface area contributed by atoms with E-state index in [4.69, 9.17) is 9.39 Å². The summed E-state index contributed by atoms with van der Waals surface area (Å²) in [6.07, 6.45) is 13.1. The molecule has 20 heavy (non-hydrogen) atoms. The first-order valence-corrected chi connectivity index (χ1v) is 9.39. The molecule has 1 rings (SSSR count). The van der Waals surface area contributed by atoms with E-state index in [2.05, 4.69) is 60.5 Å². The van der Waals surface area contributed by atoms with Crippen LogP contribution in [0.3, 0.4) is 0 Å². The Morgan fingerprint density at radius 1 is 1.50 bits per heavy atom. The van der Waals surface area contributed by atoms with Gasteiger partial charge in [0.1, 0.15) is 6.61 Å². The summed E-state index contributed by atoms with van der Waals surface area (Å²) in [5.74, 6) is 1.13. The Kier molecular flexibility index (Phi) is 9.81. The summed E-state index contributed by atoms with van der Waals surface area (Å²) in [6, 6.07) is 0. The summed E-state index contributed by atoms with van der Waals surface area (Å²) in [7, 11) is 1.76. The molecule has 2 nitrogen and oxygen atoms in total. The van der Waals surface area contributed by atoms with Crippen LogP contribution in [0.4, 0.5) is 0 Å². The highest BCUT2D eigenvalue weighted by atomic mass is 127. The number of allylic oxidation sites excluding steroid dienone is 4. The van der Waals surface area contributed by atoms with Crippen LogP contribution in [0.25, 0.3) is 0 Å². The summed E-state index contributed by atoms with van der Waals surface area (Å²) >= 11 is 4.20. The van der Waals surface area contributed by atoms with E-state index in [0.717, 1.165) is 31.4 Å². The normalized spacial score (nSPS) is 23.0. The Morgan fingerprint density at radius 3 is 2.95 bits per heavy atom. The molecule has 1 aliphatic rings. The number of halogens is 1. The van der Waals surface area contributed by atoms with E-state index in [1.54, 1.807) is 7.11 Å². The van der Waals surface area contributed by atoms with Crippen molar-refractivity contribution in [3.63, 3.8) is 0 Å². The molecule has 0 amide bonds. The Balaban J connectivity index is 2.68. The molecule has 0 bridgehead atoms. The Bertz CT molecular complexity index is 369. The lowest BCUT2D eigenvalue weighted by atomic mass is 10.1. The zero-order chi connectivity index (χ0) is 14.8. The molecule has 0 fully saturated rings. The molecule has 0 saturated heterocycles. The highest BCUT2D eigenvalue weighted by molar-refractivity contribution is 14.1. The number of ether oxygens (including phenoxy) is 1. The summed E-state index contributed by atoms with van der Waals surface area (Å²) in [6.45, 7) is 5.06. The first-order valence-electron chi connectivity index (χ1n) is 7.21. The van der Waals surface area contributed by atoms with Gasteiger partial charge in [0.05, 0.1) is 5.76 Å². The highest BCUT2D eigenvalue weighted by Crippen LogP contribution is 2.26. The average molecular weight is 406 g/mol. The second-order valence-electron chi connectivity index (χ2n) is 4.63. The third-order valence-electron chi connectivity index (χ3n) is 3.06. The quantitative estimate of drug-likeness (QED) is 0.449. The van der Waals surface area contributed by atoms with E-state index < -0.39 is 0 Å². The van der Waals surface area contributed by atoms with E-state index in [-0.39, 0.29) is 4.05 Å². The topological polar surface area (TPSA) is 18.5 Å². The van der Waals surface area contributed by atoms with E-state index in [1.807, 2.05) is 11.6 Å². The maximum absolute atomic E-state index is 5.71. The van der Waals surface area contributed by atoms with Crippen molar-refractivity contribution in [1.82, 2.24) is 0 Å². The van der Waals surface area contributed by atoms with Gasteiger partial charge in [0.25, 0.3) is 0 Å². The molecule has 0 spiro atoms. The number of hydrogen-bond donors (Lipinski definition) is 0. The molecule has 1 atom stereocenters. The summed E-state index contributed by atoms with van der Waals surface area (Å²) in [4.78, 5) is 0. The van der Waals surface area contributed by atoms with E-state index in [1.165, 1.54) is 5.57 Å². The van der Waals surface area contributed by atoms with Crippen molar-refractivity contribution in [2.75, 3.05) is 13.7 Å². The highest BCUT2D eigenvalue weighted by Gasteiger charge is 2.16. The van der Waals surface area contributed by atoms with Crippen LogP contribution in [-0.4, -0.2) is 23.0 Å². The monoisotopic (exact) mass is 406 g/mol. The fourth-order valence-electron chi connectivity index (χ4n) is 1.99. The van der Waals surface area contributed by atoms with Crippen molar-refractivity contribution in [2.24, 2.45) is 0 Å². The van der Waals surface area contributed by atoms with Gasteiger partial charge >= 0.3 is 4.05 Å². The van der Waals surface area contributed by atoms with Crippen LogP contribution < -0.4 is 0 Å². The summed E-state index contributed by atoms with van der Waals surface area (Å²) in [5, 5.41) is 0.510. The first kappa shape index (κ1) is 18.2. The largest absolute Gasteiger partial charge is 0.494 e. The van der Waals surface area contributed by atoms with Gasteiger partial charge in [-0.2, -0.15) is 11.6 Å². The molecule has 0 saturated carbocycles. The van der Waals surface area contributed by atoms with Crippen molar-refractivity contribution < 1.29 is 9.39 Å². The van der Waals surface area contributed by atoms with Crippen LogP contribution in [0.5, 0.6) is 0 Å². The zero-order valence-electron chi connectivity index (χ0n) is 12.6. The maximum Gasteiger partial charge on any atom is 0.435 e. The van der Waals surface area contributed by atoms with Crippen molar-refractivity contribution >= 4 is 38.0 Å². The van der Waals surface area contributed by atoms with Crippen LogP contribution in [0.2, 0.25) is 0 Å². The predicted molar refractivity (Wildman–Crippen MR) is 99.2 cm³/mol. The third-order valence-corrected chi connectivity index (χ3v) is 5.67. The van der Waals surface area contributed by atoms with E-state index in [9.17, 15) is 0 Å². The average Bonchev–Trinajstić information content (AvgIpc) is 2.44. The van der Waals surface area contributed by atoms with Crippen LogP contribution in [-0.2, 0) is 9.39 Å². The van der Waals surface area contributed by atoms with Crippen molar-refractivity contribution in [2.45, 2.75) is 44.8 Å². The minimum absolute atomic E-state index is 0.214. The lowest BCUT2D eigenvalue weighted by molar-refractivity contribution is 0.232. The third kappa shape index (κ3) is 7.22. The SMILES string of the molecule is CC/C=C1\CCC(=CC(CC)SB(I)OC)/C=C\CO1. The van der Waals surface area contributed by atoms with Gasteiger partial charge in [-0.15, -0.1) is 0 Å². The van der Waals surface area contributed by atoms with Gasteiger partial charge < -0.3 is 9.39 Å². The lowest BCUT2D eigenvalue weighted by Crippen LogP contribution is -2.09. The molecule has 5 heteroatoms. The molecule has 0 aromatic carbocycles. The van der Waals surface area contributed by atoms with Crippen molar-refractivity contribution in [1.29, 1.82) is 0 Å². The Morgan fingerprint density at radius 2 is 2.30 bits per heavy atom. The summed E-state index contributed by atoms with van der Waals surface area (Å²) in [5.41, 5.74) is 1.41. The van der Waals surface area contributed by atoms with Crippen LogP contribution in [0.15, 0.2) is 35.6 Å². The van der Waals surface area contributed by atoms with Gasteiger partial charge in [0.2, 0.25) is 0 Å². The van der Waals surface area contributed by atoms with E-state index >= 15 is 0 Å². The summed E-state index contributed by atoms with van der Waals surface area (Å²) < 4.78 is 11.3. The predicted octanol–water partition coefficient (Wildman–Crippen LogP) is 5.15. The fourth-order valence-corrected chi connectivity index (χ4v) is 3.95. The molecule has 1 heterocycles. The van der Waals surface area contributed by atoms with Gasteiger partial charge in [0.15, 0.2) is 0 Å². The van der Waals surface area contributed by atoms with Crippen LogP contribution in [0, 0.1) is 0 Å². The van der Waals surface area contributed by atoms with E-state index in [0.29, 0.717) is 11.9 Å². The molecule has 112 valence electrons. The molecular formula is C15H24BIO2S. The smallest absolute Gasteiger partial charge is 0.435 e. The van der Waals surface area contributed by atoms with Gasteiger partial charge in [0, 0.05) is 18.8 Å². The minimum Gasteiger partial charge on any atom is -0.494 e. The zero-order valence-corrected chi connectivity index (χ0v) is 15.6. The van der Waals surface area contributed by atoms with Gasteiger partial charge in [-0.05, 0) is 31.4 Å². The second-order valence-corrected chi connectivity index (χ2v) is 7.91. The minimum atomic E-state index is 0.214.